The standard InChI is InChI=1S/C34H43F3N4O3/c1-24-20-40(17-14-29(24)31(23-43-4)27-10-12-28(13-11-27)34(35,36)37)33(3)15-18-39(19-16-33)32(42)30-21-41(38-25(30)2)44-22-26-8-6-5-7-9-26/h5-13,21,24,29,31H,14-20,22-23H2,1-4H3/t24-,29?,31-/m0/s1. The fraction of sp³-hybridized carbons (Fsp3) is 0.529. The van der Waals surface area contributed by atoms with Gasteiger partial charge in [0.25, 0.3) is 5.91 Å². The number of methoxy groups -OCH3 is 1. The second kappa shape index (κ2) is 13.3. The molecule has 3 heterocycles. The molecule has 1 aromatic heterocycles. The highest BCUT2D eigenvalue weighted by atomic mass is 19.4. The number of halogens is 3. The number of aryl methyl sites for hydroxylation is 1. The van der Waals surface area contributed by atoms with Crippen molar-refractivity contribution < 1.29 is 27.5 Å². The van der Waals surface area contributed by atoms with Crippen LogP contribution in [0.25, 0.3) is 0 Å². The van der Waals surface area contributed by atoms with E-state index in [0.717, 1.165) is 43.5 Å². The van der Waals surface area contributed by atoms with Gasteiger partial charge in [-0.25, -0.2) is 0 Å². The monoisotopic (exact) mass is 612 g/mol. The molecule has 238 valence electrons. The molecule has 1 unspecified atom stereocenters. The van der Waals surface area contributed by atoms with Crippen LogP contribution in [0.2, 0.25) is 0 Å². The first kappa shape index (κ1) is 32.0. The van der Waals surface area contributed by atoms with Crippen molar-refractivity contribution in [3.8, 4) is 0 Å². The molecule has 10 heteroatoms. The van der Waals surface area contributed by atoms with E-state index in [2.05, 4.69) is 23.8 Å². The molecule has 0 bridgehead atoms. The molecule has 0 aliphatic carbocycles. The number of carbonyl (C=O) groups is 1. The van der Waals surface area contributed by atoms with Gasteiger partial charge in [0, 0.05) is 38.2 Å². The van der Waals surface area contributed by atoms with Crippen LogP contribution in [0.3, 0.4) is 0 Å². The molecule has 2 fully saturated rings. The number of likely N-dealkylation sites (tertiary alicyclic amines) is 2. The maximum absolute atomic E-state index is 13.5. The van der Waals surface area contributed by atoms with Gasteiger partial charge in [0.15, 0.2) is 0 Å². The maximum Gasteiger partial charge on any atom is 0.416 e. The molecular weight excluding hydrogens is 569 g/mol. The lowest BCUT2D eigenvalue weighted by atomic mass is 9.73. The first-order chi connectivity index (χ1) is 21.0. The summed E-state index contributed by atoms with van der Waals surface area (Å²) in [5, 5.41) is 4.40. The van der Waals surface area contributed by atoms with Gasteiger partial charge >= 0.3 is 6.18 Å². The first-order valence-corrected chi connectivity index (χ1v) is 15.4. The lowest BCUT2D eigenvalue weighted by molar-refractivity contribution is -0.137. The Hall–Kier alpha value is -3.37. The summed E-state index contributed by atoms with van der Waals surface area (Å²) in [6.45, 7) is 10.3. The van der Waals surface area contributed by atoms with Gasteiger partial charge in [0.2, 0.25) is 0 Å². The number of carbonyl (C=O) groups excluding carboxylic acids is 1. The fourth-order valence-corrected chi connectivity index (χ4v) is 6.92. The molecule has 1 amide bonds. The molecule has 5 rings (SSSR count). The Morgan fingerprint density at radius 2 is 1.75 bits per heavy atom. The van der Waals surface area contributed by atoms with Crippen LogP contribution >= 0.6 is 0 Å². The smallest absolute Gasteiger partial charge is 0.392 e. The molecule has 0 N–H and O–H groups in total. The molecule has 2 saturated heterocycles. The molecule has 2 aliphatic rings. The van der Waals surface area contributed by atoms with Crippen LogP contribution in [-0.2, 0) is 17.5 Å². The van der Waals surface area contributed by atoms with Crippen LogP contribution in [0, 0.1) is 18.8 Å². The number of piperidine rings is 2. The summed E-state index contributed by atoms with van der Waals surface area (Å²) in [5.41, 5.74) is 2.47. The van der Waals surface area contributed by atoms with Crippen molar-refractivity contribution in [3.05, 3.63) is 88.7 Å². The number of aromatic nitrogens is 2. The van der Waals surface area contributed by atoms with Gasteiger partial charge in [-0.2, -0.15) is 13.2 Å². The SMILES string of the molecule is COC[C@@H](c1ccc(C(F)(F)F)cc1)C1CCN(C2(C)CCN(C(=O)c3cn(OCc4ccccc4)nc3C)CC2)C[C@@H]1C. The molecule has 3 aromatic rings. The lowest BCUT2D eigenvalue weighted by Gasteiger charge is -2.51. The van der Waals surface area contributed by atoms with E-state index in [4.69, 9.17) is 9.57 Å². The Kier molecular flexibility index (Phi) is 9.70. The quantitative estimate of drug-likeness (QED) is 0.287. The number of hydrogen-bond acceptors (Lipinski definition) is 5. The van der Waals surface area contributed by atoms with E-state index in [-0.39, 0.29) is 17.4 Å². The molecule has 7 nitrogen and oxygen atoms in total. The van der Waals surface area contributed by atoms with E-state index >= 15 is 0 Å². The van der Waals surface area contributed by atoms with Gasteiger partial charge < -0.3 is 14.5 Å². The summed E-state index contributed by atoms with van der Waals surface area (Å²) >= 11 is 0. The van der Waals surface area contributed by atoms with Crippen LogP contribution in [-0.4, -0.2) is 71.1 Å². The van der Waals surface area contributed by atoms with Gasteiger partial charge in [0.1, 0.15) is 6.61 Å². The van der Waals surface area contributed by atoms with Crippen molar-refractivity contribution in [2.24, 2.45) is 11.8 Å². The third-order valence-corrected chi connectivity index (χ3v) is 9.71. The summed E-state index contributed by atoms with van der Waals surface area (Å²) in [5.74, 6) is 0.654. The molecule has 2 aromatic carbocycles. The van der Waals surface area contributed by atoms with Crippen molar-refractivity contribution in [1.82, 2.24) is 19.7 Å². The Morgan fingerprint density at radius 3 is 2.36 bits per heavy atom. The summed E-state index contributed by atoms with van der Waals surface area (Å²) < 4.78 is 45.0. The highest BCUT2D eigenvalue weighted by molar-refractivity contribution is 5.95. The molecule has 44 heavy (non-hydrogen) atoms. The van der Waals surface area contributed by atoms with Gasteiger partial charge in [-0.05, 0) is 74.8 Å². The van der Waals surface area contributed by atoms with E-state index < -0.39 is 11.7 Å². The summed E-state index contributed by atoms with van der Waals surface area (Å²) in [6, 6.07) is 15.4. The summed E-state index contributed by atoms with van der Waals surface area (Å²) in [4.78, 5) is 25.1. The van der Waals surface area contributed by atoms with E-state index in [9.17, 15) is 18.0 Å². The Morgan fingerprint density at radius 1 is 1.07 bits per heavy atom. The normalized spacial score (nSPS) is 21.7. The summed E-state index contributed by atoms with van der Waals surface area (Å²) in [7, 11) is 1.65. The molecule has 2 aliphatic heterocycles. The van der Waals surface area contributed by atoms with Gasteiger partial charge in [-0.15, -0.1) is 9.94 Å². The predicted molar refractivity (Wildman–Crippen MR) is 162 cm³/mol. The zero-order valence-corrected chi connectivity index (χ0v) is 26.0. The number of amides is 1. The van der Waals surface area contributed by atoms with Crippen molar-refractivity contribution in [3.63, 3.8) is 0 Å². The van der Waals surface area contributed by atoms with Crippen LogP contribution in [0.4, 0.5) is 13.2 Å². The number of rotatable bonds is 9. The van der Waals surface area contributed by atoms with E-state index in [0.29, 0.717) is 49.4 Å². The number of benzene rings is 2. The van der Waals surface area contributed by atoms with Gasteiger partial charge in [-0.1, -0.05) is 49.4 Å². The Labute approximate surface area is 257 Å². The minimum Gasteiger partial charge on any atom is -0.392 e. The average molecular weight is 613 g/mol. The van der Waals surface area contributed by atoms with Crippen molar-refractivity contribution in [2.45, 2.75) is 64.3 Å². The zero-order valence-electron chi connectivity index (χ0n) is 26.0. The third kappa shape index (κ3) is 7.12. The molecule has 0 saturated carbocycles. The highest BCUT2D eigenvalue weighted by Gasteiger charge is 2.42. The van der Waals surface area contributed by atoms with Gasteiger partial charge in [0.05, 0.1) is 29.6 Å². The Bertz CT molecular complexity index is 1390. The van der Waals surface area contributed by atoms with E-state index in [1.54, 1.807) is 25.4 Å². The summed E-state index contributed by atoms with van der Waals surface area (Å²) in [6.07, 6.45) is 0.00746. The highest BCUT2D eigenvalue weighted by Crippen LogP contribution is 2.41. The molecule has 0 spiro atoms. The Balaban J connectivity index is 1.17. The van der Waals surface area contributed by atoms with Crippen molar-refractivity contribution in [2.75, 3.05) is 39.9 Å². The second-order valence-corrected chi connectivity index (χ2v) is 12.6. The second-order valence-electron chi connectivity index (χ2n) is 12.6. The molecular formula is C34H43F3N4O3. The van der Waals surface area contributed by atoms with Crippen LogP contribution in [0.1, 0.15) is 71.8 Å². The van der Waals surface area contributed by atoms with Crippen molar-refractivity contribution >= 4 is 5.91 Å². The molecule has 0 radical (unpaired) electrons. The van der Waals surface area contributed by atoms with E-state index in [1.807, 2.05) is 42.2 Å². The fourth-order valence-electron chi connectivity index (χ4n) is 6.92. The number of nitrogens with zero attached hydrogens (tertiary/aromatic N) is 4. The predicted octanol–water partition coefficient (Wildman–Crippen LogP) is 6.22. The molecule has 3 atom stereocenters. The minimum atomic E-state index is -4.35. The van der Waals surface area contributed by atoms with Crippen molar-refractivity contribution in [1.29, 1.82) is 0 Å². The number of alkyl halides is 3. The average Bonchev–Trinajstić information content (AvgIpc) is 3.39. The lowest BCUT2D eigenvalue weighted by Crippen LogP contribution is -2.58. The van der Waals surface area contributed by atoms with Gasteiger partial charge in [-0.3, -0.25) is 9.69 Å². The maximum atomic E-state index is 13.5. The van der Waals surface area contributed by atoms with Crippen LogP contribution < -0.4 is 4.84 Å². The third-order valence-electron chi connectivity index (χ3n) is 9.71. The topological polar surface area (TPSA) is 59.8 Å². The largest absolute Gasteiger partial charge is 0.416 e. The zero-order chi connectivity index (χ0) is 31.5. The van der Waals surface area contributed by atoms with Crippen LogP contribution in [0.15, 0.2) is 60.8 Å². The van der Waals surface area contributed by atoms with E-state index in [1.165, 1.54) is 17.0 Å². The minimum absolute atomic E-state index is 0.0230. The number of hydrogen-bond donors (Lipinski definition) is 0. The van der Waals surface area contributed by atoms with Crippen LogP contribution in [0.5, 0.6) is 0 Å². The number of ether oxygens (including phenoxy) is 1. The first-order valence-electron chi connectivity index (χ1n) is 15.4.